The number of H-pyrrole nitrogens is 1. The van der Waals surface area contributed by atoms with Crippen LogP contribution in [0.1, 0.15) is 11.6 Å². The van der Waals surface area contributed by atoms with Gasteiger partial charge in [-0.3, -0.25) is 9.89 Å². The van der Waals surface area contributed by atoms with E-state index in [0.717, 1.165) is 12.2 Å². The summed E-state index contributed by atoms with van der Waals surface area (Å²) in [6, 6.07) is 0. The van der Waals surface area contributed by atoms with E-state index in [4.69, 9.17) is 5.11 Å². The van der Waals surface area contributed by atoms with Crippen LogP contribution in [0.15, 0.2) is 12.2 Å². The standard InChI is InChI=1S/C9H12N4O3/c1-6-10-7(12-11-6)5-13(2)8(14)3-4-9(15)16/h3-4H,5H2,1-2H3,(H,15,16)(H,10,11,12). The highest BCUT2D eigenvalue weighted by atomic mass is 16.4. The summed E-state index contributed by atoms with van der Waals surface area (Å²) in [6.45, 7) is 1.98. The third-order valence-corrected chi connectivity index (χ3v) is 1.77. The number of aromatic amines is 1. The molecule has 16 heavy (non-hydrogen) atoms. The number of carbonyl (C=O) groups excluding carboxylic acids is 1. The van der Waals surface area contributed by atoms with Crippen molar-refractivity contribution in [2.75, 3.05) is 7.05 Å². The van der Waals surface area contributed by atoms with Crippen LogP contribution in [0.3, 0.4) is 0 Å². The summed E-state index contributed by atoms with van der Waals surface area (Å²) in [5.74, 6) is -0.422. The summed E-state index contributed by atoms with van der Waals surface area (Å²) in [7, 11) is 1.54. The molecule has 0 spiro atoms. The highest BCUT2D eigenvalue weighted by Crippen LogP contribution is 1.97. The summed E-state index contributed by atoms with van der Waals surface area (Å²) >= 11 is 0. The Hall–Kier alpha value is -2.18. The second-order valence-electron chi connectivity index (χ2n) is 3.20. The summed E-state index contributed by atoms with van der Waals surface area (Å²) in [5.41, 5.74) is 0. The van der Waals surface area contributed by atoms with E-state index >= 15 is 0 Å². The van der Waals surface area contributed by atoms with Gasteiger partial charge in [0.15, 0.2) is 5.82 Å². The number of hydrogen-bond donors (Lipinski definition) is 2. The molecule has 0 radical (unpaired) electrons. The fourth-order valence-electron chi connectivity index (χ4n) is 1.02. The molecule has 1 heterocycles. The van der Waals surface area contributed by atoms with Crippen molar-refractivity contribution in [3.63, 3.8) is 0 Å². The van der Waals surface area contributed by atoms with Crippen LogP contribution >= 0.6 is 0 Å². The Labute approximate surface area is 91.8 Å². The van der Waals surface area contributed by atoms with Crippen LogP contribution in [0.5, 0.6) is 0 Å². The maximum absolute atomic E-state index is 11.4. The number of nitrogens with one attached hydrogen (secondary N) is 1. The van der Waals surface area contributed by atoms with E-state index in [1.54, 1.807) is 14.0 Å². The highest BCUT2D eigenvalue weighted by Gasteiger charge is 2.09. The Kier molecular flexibility index (Phi) is 3.76. The van der Waals surface area contributed by atoms with Gasteiger partial charge < -0.3 is 10.0 Å². The number of aliphatic carboxylic acids is 1. The van der Waals surface area contributed by atoms with E-state index in [2.05, 4.69) is 15.2 Å². The maximum atomic E-state index is 11.4. The number of likely N-dealkylation sites (N-methyl/N-ethyl adjacent to an activating group) is 1. The van der Waals surface area contributed by atoms with E-state index in [1.165, 1.54) is 4.90 Å². The molecule has 0 atom stereocenters. The maximum Gasteiger partial charge on any atom is 0.328 e. The number of aryl methyl sites for hydroxylation is 1. The van der Waals surface area contributed by atoms with E-state index in [0.29, 0.717) is 11.6 Å². The molecular weight excluding hydrogens is 212 g/mol. The molecule has 2 N–H and O–H groups in total. The number of rotatable bonds is 4. The van der Waals surface area contributed by atoms with Crippen LogP contribution in [-0.2, 0) is 16.1 Å². The van der Waals surface area contributed by atoms with Gasteiger partial charge in [-0.05, 0) is 6.92 Å². The van der Waals surface area contributed by atoms with Crippen molar-refractivity contribution < 1.29 is 14.7 Å². The predicted octanol–water partition coefficient (Wildman–Crippen LogP) is -0.288. The van der Waals surface area contributed by atoms with Crippen molar-refractivity contribution in [3.8, 4) is 0 Å². The third kappa shape index (κ3) is 3.52. The second-order valence-corrected chi connectivity index (χ2v) is 3.20. The summed E-state index contributed by atoms with van der Waals surface area (Å²) in [5, 5.41) is 14.9. The van der Waals surface area contributed by atoms with Gasteiger partial charge in [0.05, 0.1) is 6.54 Å². The van der Waals surface area contributed by atoms with Gasteiger partial charge in [-0.25, -0.2) is 9.78 Å². The average molecular weight is 224 g/mol. The van der Waals surface area contributed by atoms with Gasteiger partial charge in [-0.1, -0.05) is 0 Å². The molecule has 0 aliphatic carbocycles. The Morgan fingerprint density at radius 3 is 2.69 bits per heavy atom. The molecule has 1 aromatic heterocycles. The zero-order valence-corrected chi connectivity index (χ0v) is 8.97. The van der Waals surface area contributed by atoms with E-state index in [9.17, 15) is 9.59 Å². The molecule has 0 aliphatic heterocycles. The number of carboxylic acid groups (broad SMARTS) is 1. The lowest BCUT2D eigenvalue weighted by molar-refractivity contribution is -0.132. The number of carbonyl (C=O) groups is 2. The first-order valence-electron chi connectivity index (χ1n) is 4.53. The van der Waals surface area contributed by atoms with Crippen LogP contribution in [-0.4, -0.2) is 44.1 Å². The minimum atomic E-state index is -1.16. The normalized spacial score (nSPS) is 10.6. The minimum Gasteiger partial charge on any atom is -0.478 e. The monoisotopic (exact) mass is 224 g/mol. The van der Waals surface area contributed by atoms with Crippen LogP contribution in [0.25, 0.3) is 0 Å². The largest absolute Gasteiger partial charge is 0.478 e. The van der Waals surface area contributed by atoms with E-state index < -0.39 is 11.9 Å². The molecule has 86 valence electrons. The van der Waals surface area contributed by atoms with Crippen LogP contribution < -0.4 is 0 Å². The van der Waals surface area contributed by atoms with E-state index in [-0.39, 0.29) is 6.54 Å². The van der Waals surface area contributed by atoms with Crippen molar-refractivity contribution in [1.82, 2.24) is 20.1 Å². The lowest BCUT2D eigenvalue weighted by atomic mass is 10.4. The molecule has 1 amide bonds. The van der Waals surface area contributed by atoms with Crippen molar-refractivity contribution >= 4 is 11.9 Å². The topological polar surface area (TPSA) is 99.2 Å². The number of amides is 1. The Morgan fingerprint density at radius 1 is 1.50 bits per heavy atom. The van der Waals surface area contributed by atoms with Gasteiger partial charge in [-0.15, -0.1) is 0 Å². The molecule has 0 bridgehead atoms. The van der Waals surface area contributed by atoms with Gasteiger partial charge in [0.25, 0.3) is 0 Å². The van der Waals surface area contributed by atoms with Gasteiger partial charge in [0.2, 0.25) is 5.91 Å². The molecule has 0 aromatic carbocycles. The Bertz CT molecular complexity index is 424. The first-order chi connectivity index (χ1) is 7.49. The first kappa shape index (κ1) is 11.9. The SMILES string of the molecule is Cc1nc(CN(C)C(=O)C=CC(=O)O)n[nH]1. The molecule has 0 unspecified atom stereocenters. The predicted molar refractivity (Wildman–Crippen MR) is 54.4 cm³/mol. The second kappa shape index (κ2) is 5.06. The molecular formula is C9H12N4O3. The molecule has 1 rings (SSSR count). The Morgan fingerprint density at radius 2 is 2.19 bits per heavy atom. The lowest BCUT2D eigenvalue weighted by Crippen LogP contribution is -2.25. The number of aromatic nitrogens is 3. The van der Waals surface area contributed by atoms with Gasteiger partial charge in [-0.2, -0.15) is 5.10 Å². The fraction of sp³-hybridized carbons (Fsp3) is 0.333. The third-order valence-electron chi connectivity index (χ3n) is 1.77. The highest BCUT2D eigenvalue weighted by molar-refractivity contribution is 5.93. The number of carboxylic acids is 1. The quantitative estimate of drug-likeness (QED) is 0.685. The summed E-state index contributed by atoms with van der Waals surface area (Å²) < 4.78 is 0. The molecule has 7 heteroatoms. The van der Waals surface area contributed by atoms with Crippen molar-refractivity contribution in [1.29, 1.82) is 0 Å². The molecule has 0 aliphatic rings. The van der Waals surface area contributed by atoms with Gasteiger partial charge >= 0.3 is 5.97 Å². The van der Waals surface area contributed by atoms with E-state index in [1.807, 2.05) is 0 Å². The van der Waals surface area contributed by atoms with Gasteiger partial charge in [0.1, 0.15) is 5.82 Å². The molecule has 0 saturated carbocycles. The minimum absolute atomic E-state index is 0.229. The number of hydrogen-bond acceptors (Lipinski definition) is 4. The fourth-order valence-corrected chi connectivity index (χ4v) is 1.02. The molecule has 0 saturated heterocycles. The zero-order valence-electron chi connectivity index (χ0n) is 8.97. The first-order valence-corrected chi connectivity index (χ1v) is 4.53. The van der Waals surface area contributed by atoms with Crippen molar-refractivity contribution in [2.45, 2.75) is 13.5 Å². The molecule has 1 aromatic rings. The Balaban J connectivity index is 2.55. The lowest BCUT2D eigenvalue weighted by Gasteiger charge is -2.11. The van der Waals surface area contributed by atoms with Crippen LogP contribution in [0.2, 0.25) is 0 Å². The average Bonchev–Trinajstić information content (AvgIpc) is 2.60. The van der Waals surface area contributed by atoms with Crippen molar-refractivity contribution in [2.24, 2.45) is 0 Å². The molecule has 7 nitrogen and oxygen atoms in total. The zero-order chi connectivity index (χ0) is 12.1. The van der Waals surface area contributed by atoms with Crippen LogP contribution in [0, 0.1) is 6.92 Å². The van der Waals surface area contributed by atoms with Gasteiger partial charge in [0, 0.05) is 19.2 Å². The molecule has 0 fully saturated rings. The summed E-state index contributed by atoms with van der Waals surface area (Å²) in [4.78, 5) is 26.9. The smallest absolute Gasteiger partial charge is 0.328 e. The summed E-state index contributed by atoms with van der Waals surface area (Å²) in [6.07, 6.45) is 1.78. The van der Waals surface area contributed by atoms with Crippen molar-refractivity contribution in [3.05, 3.63) is 23.8 Å². The van der Waals surface area contributed by atoms with Crippen LogP contribution in [0.4, 0.5) is 0 Å². The number of nitrogens with zero attached hydrogens (tertiary/aromatic N) is 3.